The highest BCUT2D eigenvalue weighted by atomic mass is 19.1. The van der Waals surface area contributed by atoms with Gasteiger partial charge in [0.1, 0.15) is 18.9 Å². The van der Waals surface area contributed by atoms with Crippen molar-refractivity contribution >= 4 is 0 Å². The summed E-state index contributed by atoms with van der Waals surface area (Å²) in [5.41, 5.74) is 0.720. The van der Waals surface area contributed by atoms with Crippen LogP contribution in [0.5, 0.6) is 0 Å². The van der Waals surface area contributed by atoms with Gasteiger partial charge in [0, 0.05) is 0 Å². The van der Waals surface area contributed by atoms with Gasteiger partial charge in [-0.15, -0.1) is 0 Å². The molecule has 4 rings (SSSR count). The van der Waals surface area contributed by atoms with E-state index in [4.69, 9.17) is 23.7 Å². The molecule has 0 amide bonds. The number of hydrogen-bond acceptors (Lipinski definition) is 5. The zero-order valence-electron chi connectivity index (χ0n) is 16.8. The van der Waals surface area contributed by atoms with E-state index in [9.17, 15) is 4.39 Å². The zero-order valence-corrected chi connectivity index (χ0v) is 16.8. The van der Waals surface area contributed by atoms with Gasteiger partial charge in [-0.2, -0.15) is 0 Å². The van der Waals surface area contributed by atoms with E-state index in [0.717, 1.165) is 11.1 Å². The molecule has 2 heterocycles. The Morgan fingerprint density at radius 3 is 2.10 bits per heavy atom. The predicted octanol–water partition coefficient (Wildman–Crippen LogP) is 4.00. The van der Waals surface area contributed by atoms with Crippen LogP contribution in [0.3, 0.4) is 0 Å². The van der Waals surface area contributed by atoms with Crippen LogP contribution in [0.25, 0.3) is 0 Å². The average molecular weight is 402 g/mol. The highest BCUT2D eigenvalue weighted by molar-refractivity contribution is 5.15. The molecule has 2 aliphatic rings. The van der Waals surface area contributed by atoms with E-state index in [1.807, 2.05) is 74.5 Å². The van der Waals surface area contributed by atoms with Crippen LogP contribution in [0, 0.1) is 0 Å². The van der Waals surface area contributed by atoms with E-state index >= 15 is 0 Å². The predicted molar refractivity (Wildman–Crippen MR) is 105 cm³/mol. The van der Waals surface area contributed by atoms with Gasteiger partial charge in [0.15, 0.2) is 17.7 Å². The van der Waals surface area contributed by atoms with Crippen LogP contribution < -0.4 is 0 Å². The topological polar surface area (TPSA) is 46.2 Å². The second kappa shape index (κ2) is 8.50. The molecule has 0 spiro atoms. The summed E-state index contributed by atoms with van der Waals surface area (Å²) in [7, 11) is 0. The van der Waals surface area contributed by atoms with Gasteiger partial charge >= 0.3 is 0 Å². The first-order chi connectivity index (χ1) is 14.0. The number of rotatable bonds is 8. The Bertz CT molecular complexity index is 784. The van der Waals surface area contributed by atoms with Crippen LogP contribution in [0.2, 0.25) is 0 Å². The lowest BCUT2D eigenvalue weighted by Crippen LogP contribution is -2.51. The first kappa shape index (κ1) is 20.4. The van der Waals surface area contributed by atoms with Crippen LogP contribution in [0.1, 0.15) is 25.0 Å². The average Bonchev–Trinajstić information content (AvgIpc) is 3.17. The number of benzene rings is 2. The molecule has 2 aromatic carbocycles. The summed E-state index contributed by atoms with van der Waals surface area (Å²) < 4.78 is 44.2. The van der Waals surface area contributed by atoms with E-state index in [1.165, 1.54) is 0 Å². The molecule has 0 N–H and O–H groups in total. The number of alkyl halides is 1. The van der Waals surface area contributed by atoms with Crippen molar-refractivity contribution in [3.05, 3.63) is 71.8 Å². The Hall–Kier alpha value is -1.83. The Morgan fingerprint density at radius 2 is 1.48 bits per heavy atom. The fourth-order valence-electron chi connectivity index (χ4n) is 3.84. The highest BCUT2D eigenvalue weighted by Gasteiger charge is 2.63. The van der Waals surface area contributed by atoms with Gasteiger partial charge in [0.2, 0.25) is 0 Å². The summed E-state index contributed by atoms with van der Waals surface area (Å²) in [6.07, 6.45) is -1.87. The van der Waals surface area contributed by atoms with E-state index in [2.05, 4.69) is 0 Å². The number of fused-ring (bicyclic) bond motifs is 1. The van der Waals surface area contributed by atoms with Crippen LogP contribution in [0.15, 0.2) is 60.7 Å². The lowest BCUT2D eigenvalue weighted by Gasteiger charge is -2.34. The summed E-state index contributed by atoms with van der Waals surface area (Å²) >= 11 is 0. The molecule has 5 nitrogen and oxygen atoms in total. The monoisotopic (exact) mass is 402 g/mol. The summed E-state index contributed by atoms with van der Waals surface area (Å²) in [6, 6.07) is 19.5. The molecule has 0 aromatic heterocycles. The summed E-state index contributed by atoms with van der Waals surface area (Å²) in [6.45, 7) is 3.58. The second-order valence-corrected chi connectivity index (χ2v) is 7.98. The number of ether oxygens (including phenoxy) is 5. The smallest absolute Gasteiger partial charge is 0.190 e. The summed E-state index contributed by atoms with van der Waals surface area (Å²) in [4.78, 5) is 0. The van der Waals surface area contributed by atoms with Crippen molar-refractivity contribution in [3.8, 4) is 0 Å². The van der Waals surface area contributed by atoms with Gasteiger partial charge in [-0.3, -0.25) is 0 Å². The molecule has 2 aromatic rings. The fraction of sp³-hybridized carbons (Fsp3) is 0.478. The third-order valence-electron chi connectivity index (χ3n) is 5.21. The van der Waals surface area contributed by atoms with Crippen LogP contribution in [-0.2, 0) is 36.9 Å². The Labute approximate surface area is 170 Å². The van der Waals surface area contributed by atoms with E-state index in [-0.39, 0.29) is 6.61 Å². The zero-order chi connectivity index (χ0) is 20.3. The molecule has 156 valence electrons. The highest BCUT2D eigenvalue weighted by Crippen LogP contribution is 2.44. The molecule has 4 atom stereocenters. The first-order valence-electron chi connectivity index (χ1n) is 9.88. The molecule has 2 fully saturated rings. The summed E-state index contributed by atoms with van der Waals surface area (Å²) in [5, 5.41) is 0. The van der Waals surface area contributed by atoms with Crippen molar-refractivity contribution in [1.82, 2.24) is 0 Å². The van der Waals surface area contributed by atoms with E-state index in [1.54, 1.807) is 0 Å². The molecule has 1 unspecified atom stereocenters. The largest absolute Gasteiger partial charge is 0.374 e. The van der Waals surface area contributed by atoms with Gasteiger partial charge in [-0.1, -0.05) is 60.7 Å². The Balaban J connectivity index is 1.48. The van der Waals surface area contributed by atoms with Gasteiger partial charge in [-0.05, 0) is 25.0 Å². The standard InChI is InChI=1S/C23H27FO5/c1-22(2)27-19-20(26-14-18-11-7-4-8-12-18)23(15-24,29-21(19)28-22)16-25-13-17-9-5-3-6-10-17/h3-12,19-21H,13-16H2,1-2H3/t19-,20+,21?,23-/m1/s1. The molecule has 6 heteroatoms. The minimum Gasteiger partial charge on any atom is -0.374 e. The van der Waals surface area contributed by atoms with Crippen molar-refractivity contribution in [1.29, 1.82) is 0 Å². The molecule has 0 bridgehead atoms. The minimum atomic E-state index is -1.28. The van der Waals surface area contributed by atoms with Gasteiger partial charge in [-0.25, -0.2) is 4.39 Å². The van der Waals surface area contributed by atoms with Crippen molar-refractivity contribution in [2.75, 3.05) is 13.3 Å². The van der Waals surface area contributed by atoms with Crippen molar-refractivity contribution < 1.29 is 28.1 Å². The van der Waals surface area contributed by atoms with Gasteiger partial charge in [0.05, 0.1) is 19.8 Å². The molecule has 0 saturated carbocycles. The van der Waals surface area contributed by atoms with Crippen LogP contribution >= 0.6 is 0 Å². The molecule has 2 saturated heterocycles. The Morgan fingerprint density at radius 1 is 0.862 bits per heavy atom. The maximum atomic E-state index is 14.4. The second-order valence-electron chi connectivity index (χ2n) is 7.98. The normalized spacial score (nSPS) is 30.4. The molecule has 2 aliphatic heterocycles. The van der Waals surface area contributed by atoms with Gasteiger partial charge < -0.3 is 23.7 Å². The summed E-state index contributed by atoms with van der Waals surface area (Å²) in [5.74, 6) is -0.808. The fourth-order valence-corrected chi connectivity index (χ4v) is 3.84. The molecular formula is C23H27FO5. The maximum Gasteiger partial charge on any atom is 0.190 e. The number of halogens is 1. The van der Waals surface area contributed by atoms with Crippen molar-refractivity contribution in [2.24, 2.45) is 0 Å². The van der Waals surface area contributed by atoms with E-state index in [0.29, 0.717) is 13.2 Å². The molecule has 0 aliphatic carbocycles. The molecular weight excluding hydrogens is 375 g/mol. The van der Waals surface area contributed by atoms with Crippen molar-refractivity contribution in [2.45, 2.75) is 56.9 Å². The lowest BCUT2D eigenvalue weighted by atomic mass is 9.97. The third-order valence-corrected chi connectivity index (χ3v) is 5.21. The third kappa shape index (κ3) is 4.52. The van der Waals surface area contributed by atoms with Crippen LogP contribution in [-0.4, -0.2) is 43.2 Å². The molecule has 0 radical (unpaired) electrons. The van der Waals surface area contributed by atoms with E-state index < -0.39 is 36.6 Å². The minimum absolute atomic E-state index is 0.0397. The first-order valence-corrected chi connectivity index (χ1v) is 9.88. The lowest BCUT2D eigenvalue weighted by molar-refractivity contribution is -0.257. The quantitative estimate of drug-likeness (QED) is 0.668. The van der Waals surface area contributed by atoms with Crippen LogP contribution in [0.4, 0.5) is 4.39 Å². The SMILES string of the molecule is CC1(C)OC2O[C@](CF)(COCc3ccccc3)[C@@H](OCc3ccccc3)[C@H]2O1. The van der Waals surface area contributed by atoms with Crippen molar-refractivity contribution in [3.63, 3.8) is 0 Å². The van der Waals surface area contributed by atoms with Gasteiger partial charge in [0.25, 0.3) is 0 Å². The Kier molecular flexibility index (Phi) is 5.99. The molecule has 29 heavy (non-hydrogen) atoms. The maximum absolute atomic E-state index is 14.4. The number of hydrogen-bond donors (Lipinski definition) is 0.